The molecule has 0 spiro atoms. The van der Waals surface area contributed by atoms with Crippen molar-refractivity contribution in [2.75, 3.05) is 19.4 Å². The van der Waals surface area contributed by atoms with Gasteiger partial charge in [0.15, 0.2) is 0 Å². The van der Waals surface area contributed by atoms with E-state index in [2.05, 4.69) is 5.10 Å². The number of nitrogens with two attached hydrogens (primary N) is 1. The number of hydrogen-bond acceptors (Lipinski definition) is 6. The minimum absolute atomic E-state index is 0.00792. The molecule has 2 aromatic rings. The van der Waals surface area contributed by atoms with Gasteiger partial charge < -0.3 is 15.4 Å². The van der Waals surface area contributed by atoms with Crippen LogP contribution in [0.2, 0.25) is 0 Å². The van der Waals surface area contributed by atoms with Gasteiger partial charge in [-0.2, -0.15) is 15.0 Å². The fraction of sp³-hybridized carbons (Fsp3) is 0.294. The van der Waals surface area contributed by atoms with Crippen molar-refractivity contribution in [1.82, 2.24) is 14.7 Å². The molecule has 2 N–H and O–H groups in total. The van der Waals surface area contributed by atoms with Gasteiger partial charge in [0.1, 0.15) is 23.2 Å². The maximum Gasteiger partial charge on any atom is 0.254 e. The zero-order valence-electron chi connectivity index (χ0n) is 13.7. The molecular formula is C17H17N5O3. The number of carbonyl (C=O) groups excluding carboxylic acids is 2. The van der Waals surface area contributed by atoms with Crippen molar-refractivity contribution in [3.8, 4) is 11.8 Å². The van der Waals surface area contributed by atoms with Crippen LogP contribution in [0.1, 0.15) is 22.3 Å². The molecule has 0 saturated carbocycles. The fourth-order valence-corrected chi connectivity index (χ4v) is 2.83. The van der Waals surface area contributed by atoms with Crippen LogP contribution in [0, 0.1) is 17.2 Å². The van der Waals surface area contributed by atoms with E-state index in [4.69, 9.17) is 15.7 Å². The molecule has 1 aromatic heterocycles. The smallest absolute Gasteiger partial charge is 0.254 e. The lowest BCUT2D eigenvalue weighted by molar-refractivity contribution is -0.128. The van der Waals surface area contributed by atoms with Crippen LogP contribution >= 0.6 is 0 Å². The predicted octanol–water partition coefficient (Wildman–Crippen LogP) is 1.03. The summed E-state index contributed by atoms with van der Waals surface area (Å²) < 4.78 is 6.12. The molecular weight excluding hydrogens is 322 g/mol. The number of rotatable bonds is 4. The molecule has 8 heteroatoms. The van der Waals surface area contributed by atoms with E-state index in [1.807, 2.05) is 30.3 Å². The molecule has 1 atom stereocenters. The molecule has 1 amide bonds. The van der Waals surface area contributed by atoms with E-state index in [0.717, 1.165) is 16.0 Å². The van der Waals surface area contributed by atoms with E-state index in [-0.39, 0.29) is 29.6 Å². The maximum absolute atomic E-state index is 12.5. The standard InChI is InChI=1S/C17H17N5O3/c1-25-14-4-2-11(3-5-14)9-21-10-12(6-15(21)23)17(24)22-16(19)13(7-18)8-20-22/h2-5,8,12H,6,9-10,19H2,1H3. The van der Waals surface area contributed by atoms with Gasteiger partial charge in [-0.3, -0.25) is 9.59 Å². The molecule has 1 saturated heterocycles. The molecule has 0 radical (unpaired) electrons. The van der Waals surface area contributed by atoms with Gasteiger partial charge in [-0.1, -0.05) is 12.1 Å². The zero-order valence-corrected chi connectivity index (χ0v) is 13.7. The summed E-state index contributed by atoms with van der Waals surface area (Å²) in [4.78, 5) is 26.4. The lowest BCUT2D eigenvalue weighted by Gasteiger charge is -2.16. The van der Waals surface area contributed by atoms with Gasteiger partial charge in [-0.25, -0.2) is 0 Å². The molecule has 1 fully saturated rings. The number of anilines is 1. The number of nitriles is 1. The molecule has 0 bridgehead atoms. The Morgan fingerprint density at radius 1 is 1.44 bits per heavy atom. The van der Waals surface area contributed by atoms with Gasteiger partial charge in [0.05, 0.1) is 19.2 Å². The van der Waals surface area contributed by atoms with Gasteiger partial charge in [0, 0.05) is 19.5 Å². The van der Waals surface area contributed by atoms with Crippen LogP contribution in [0.5, 0.6) is 5.75 Å². The Kier molecular flexibility index (Phi) is 4.39. The minimum atomic E-state index is -0.528. The summed E-state index contributed by atoms with van der Waals surface area (Å²) in [6, 6.07) is 9.29. The summed E-state index contributed by atoms with van der Waals surface area (Å²) >= 11 is 0. The summed E-state index contributed by atoms with van der Waals surface area (Å²) in [5, 5.41) is 12.8. The molecule has 1 aliphatic rings. The number of aromatic nitrogens is 2. The monoisotopic (exact) mass is 339 g/mol. The number of likely N-dealkylation sites (tertiary alicyclic amines) is 1. The summed E-state index contributed by atoms with van der Waals surface area (Å²) in [6.07, 6.45) is 1.36. The van der Waals surface area contributed by atoms with Crippen molar-refractivity contribution in [3.05, 3.63) is 41.6 Å². The number of nitrogen functional groups attached to an aromatic ring is 1. The second kappa shape index (κ2) is 6.65. The number of amides is 1. The highest BCUT2D eigenvalue weighted by Crippen LogP contribution is 2.24. The van der Waals surface area contributed by atoms with Crippen LogP contribution in [-0.2, 0) is 11.3 Å². The maximum atomic E-state index is 12.5. The normalized spacial score (nSPS) is 16.7. The first-order chi connectivity index (χ1) is 12.0. The van der Waals surface area contributed by atoms with Crippen LogP contribution in [0.4, 0.5) is 5.82 Å². The third-order valence-corrected chi connectivity index (χ3v) is 4.23. The zero-order chi connectivity index (χ0) is 18.0. The van der Waals surface area contributed by atoms with Gasteiger partial charge in [-0.15, -0.1) is 0 Å². The van der Waals surface area contributed by atoms with Crippen molar-refractivity contribution in [2.45, 2.75) is 13.0 Å². The highest BCUT2D eigenvalue weighted by Gasteiger charge is 2.36. The largest absolute Gasteiger partial charge is 0.497 e. The summed E-state index contributed by atoms with van der Waals surface area (Å²) in [5.74, 6) is -0.245. The number of carbonyl (C=O) groups is 2. The Bertz CT molecular complexity index is 850. The highest BCUT2D eigenvalue weighted by atomic mass is 16.5. The Morgan fingerprint density at radius 3 is 2.76 bits per heavy atom. The van der Waals surface area contributed by atoms with E-state index < -0.39 is 5.92 Å². The molecule has 0 aliphatic carbocycles. The van der Waals surface area contributed by atoms with Crippen molar-refractivity contribution in [1.29, 1.82) is 5.26 Å². The number of ether oxygens (including phenoxy) is 1. The quantitative estimate of drug-likeness (QED) is 0.890. The molecule has 1 unspecified atom stereocenters. The van der Waals surface area contributed by atoms with E-state index in [9.17, 15) is 9.59 Å². The van der Waals surface area contributed by atoms with Crippen LogP contribution in [-0.4, -0.2) is 40.1 Å². The third kappa shape index (κ3) is 3.17. The Morgan fingerprint density at radius 2 is 2.16 bits per heavy atom. The molecule has 25 heavy (non-hydrogen) atoms. The SMILES string of the molecule is COc1ccc(CN2CC(C(=O)n3ncc(C#N)c3N)CC2=O)cc1. The molecule has 3 rings (SSSR count). The minimum Gasteiger partial charge on any atom is -0.497 e. The first kappa shape index (κ1) is 16.5. The summed E-state index contributed by atoms with van der Waals surface area (Å²) in [6.45, 7) is 0.718. The lowest BCUT2D eigenvalue weighted by atomic mass is 10.1. The van der Waals surface area contributed by atoms with Gasteiger partial charge in [0.2, 0.25) is 5.91 Å². The van der Waals surface area contributed by atoms with Gasteiger partial charge >= 0.3 is 0 Å². The van der Waals surface area contributed by atoms with E-state index >= 15 is 0 Å². The van der Waals surface area contributed by atoms with Crippen LogP contribution in [0.15, 0.2) is 30.5 Å². The number of hydrogen-bond donors (Lipinski definition) is 1. The number of methoxy groups -OCH3 is 1. The van der Waals surface area contributed by atoms with Crippen molar-refractivity contribution in [2.24, 2.45) is 5.92 Å². The van der Waals surface area contributed by atoms with Crippen molar-refractivity contribution < 1.29 is 14.3 Å². The van der Waals surface area contributed by atoms with Crippen molar-refractivity contribution >= 4 is 17.6 Å². The second-order valence-electron chi connectivity index (χ2n) is 5.83. The van der Waals surface area contributed by atoms with E-state index in [1.165, 1.54) is 6.20 Å². The number of benzene rings is 1. The molecule has 2 heterocycles. The Labute approximate surface area is 144 Å². The predicted molar refractivity (Wildman–Crippen MR) is 88.5 cm³/mol. The molecule has 8 nitrogen and oxygen atoms in total. The average Bonchev–Trinajstić information content (AvgIpc) is 3.18. The van der Waals surface area contributed by atoms with Gasteiger partial charge in [-0.05, 0) is 17.7 Å². The Hall–Kier alpha value is -3.34. The molecule has 1 aliphatic heterocycles. The third-order valence-electron chi connectivity index (χ3n) is 4.23. The topological polar surface area (TPSA) is 114 Å². The van der Waals surface area contributed by atoms with E-state index in [1.54, 1.807) is 12.0 Å². The van der Waals surface area contributed by atoms with Gasteiger partial charge in [0.25, 0.3) is 5.91 Å². The van der Waals surface area contributed by atoms with Crippen molar-refractivity contribution in [3.63, 3.8) is 0 Å². The average molecular weight is 339 g/mol. The number of nitrogens with zero attached hydrogens (tertiary/aromatic N) is 4. The van der Waals surface area contributed by atoms with Crippen LogP contribution in [0.25, 0.3) is 0 Å². The summed E-state index contributed by atoms with van der Waals surface area (Å²) in [7, 11) is 1.59. The summed E-state index contributed by atoms with van der Waals surface area (Å²) in [5.41, 5.74) is 6.85. The molecule has 128 valence electrons. The Balaban J connectivity index is 1.70. The molecule has 1 aromatic carbocycles. The second-order valence-corrected chi connectivity index (χ2v) is 5.83. The highest BCUT2D eigenvalue weighted by molar-refractivity contribution is 5.91. The van der Waals surface area contributed by atoms with E-state index in [0.29, 0.717) is 13.1 Å². The first-order valence-corrected chi connectivity index (χ1v) is 7.72. The first-order valence-electron chi connectivity index (χ1n) is 7.72. The van der Waals surface area contributed by atoms with Crippen LogP contribution in [0.3, 0.4) is 0 Å². The van der Waals surface area contributed by atoms with Crippen LogP contribution < -0.4 is 10.5 Å². The lowest BCUT2D eigenvalue weighted by Crippen LogP contribution is -2.28. The fourth-order valence-electron chi connectivity index (χ4n) is 2.83.